The normalized spacial score (nSPS) is 19.3. The molecule has 0 aromatic carbocycles. The topological polar surface area (TPSA) is 101 Å². The van der Waals surface area contributed by atoms with Gasteiger partial charge in [0, 0.05) is 30.6 Å². The van der Waals surface area contributed by atoms with E-state index in [0.29, 0.717) is 18.5 Å². The van der Waals surface area contributed by atoms with Crippen molar-refractivity contribution in [3.8, 4) is 0 Å². The number of rotatable bonds is 8. The maximum atomic E-state index is 12.0. The van der Waals surface area contributed by atoms with Crippen molar-refractivity contribution in [2.24, 2.45) is 4.99 Å². The monoisotopic (exact) mass is 563 g/mol. The summed E-state index contributed by atoms with van der Waals surface area (Å²) in [5.74, 6) is 2.01. The van der Waals surface area contributed by atoms with Crippen LogP contribution in [0.1, 0.15) is 97.4 Å². The predicted molar refractivity (Wildman–Crippen MR) is 139 cm³/mol. The molecule has 1 aromatic heterocycles. The second-order valence-corrected chi connectivity index (χ2v) is 9.27. The van der Waals surface area contributed by atoms with Crippen LogP contribution in [0.3, 0.4) is 0 Å². The lowest BCUT2D eigenvalue weighted by atomic mass is 9.91. The number of hydrogen-bond donors (Lipinski definition) is 3. The van der Waals surface area contributed by atoms with Crippen LogP contribution in [-0.4, -0.2) is 41.4 Å². The summed E-state index contributed by atoms with van der Waals surface area (Å²) in [6, 6.07) is 2.51. The first-order valence-electron chi connectivity index (χ1n) is 11.7. The van der Waals surface area contributed by atoms with Crippen LogP contribution < -0.4 is 16.0 Å². The number of carbonyl (C=O) groups excluding carboxylic acids is 1. The van der Waals surface area contributed by atoms with Gasteiger partial charge in [-0.15, -0.1) is 24.0 Å². The number of aromatic nitrogens is 1. The fourth-order valence-electron chi connectivity index (χ4n) is 3.83. The number of halogens is 1. The Labute approximate surface area is 210 Å². The fraction of sp³-hybridized carbons (Fsp3) is 0.783. The Bertz CT molecular complexity index is 705. The van der Waals surface area contributed by atoms with Gasteiger partial charge in [0.05, 0.1) is 5.69 Å². The molecule has 8 nitrogen and oxygen atoms in total. The molecule has 0 aliphatic heterocycles. The zero-order valence-corrected chi connectivity index (χ0v) is 22.8. The highest BCUT2D eigenvalue weighted by Gasteiger charge is 2.25. The molecule has 2 rings (SSSR count). The minimum absolute atomic E-state index is 0. The van der Waals surface area contributed by atoms with E-state index < -0.39 is 5.60 Å². The first-order valence-corrected chi connectivity index (χ1v) is 11.7. The molecule has 32 heavy (non-hydrogen) atoms. The SMILES string of the molecule is CCNC(=NCc1cc(C(CC)CC)no1)NC1CCC(NC(=O)OC(C)(C)C)CC1.I. The maximum Gasteiger partial charge on any atom is 0.407 e. The molecule has 1 aromatic rings. The standard InChI is InChI=1S/C23H41N5O3.HI/c1-7-16(8-2)20-14-19(31-28-20)15-25-21(24-9-3)26-17-10-12-18(13-11-17)27-22(29)30-23(4,5)6;/h14,16-18H,7-13,15H2,1-6H3,(H,27,29)(H2,24,25,26);1H. The minimum Gasteiger partial charge on any atom is -0.444 e. The number of ether oxygens (including phenoxy) is 1. The molecule has 1 aliphatic rings. The molecule has 0 saturated heterocycles. The van der Waals surface area contributed by atoms with Gasteiger partial charge in [0.2, 0.25) is 0 Å². The molecule has 184 valence electrons. The summed E-state index contributed by atoms with van der Waals surface area (Å²) in [6.45, 7) is 13.3. The lowest BCUT2D eigenvalue weighted by Crippen LogP contribution is -2.48. The predicted octanol–water partition coefficient (Wildman–Crippen LogP) is 5.09. The molecule has 1 aliphatic carbocycles. The van der Waals surface area contributed by atoms with Gasteiger partial charge in [-0.05, 0) is 66.2 Å². The molecule has 0 atom stereocenters. The third-order valence-corrected chi connectivity index (χ3v) is 5.51. The van der Waals surface area contributed by atoms with Crippen molar-refractivity contribution in [1.82, 2.24) is 21.1 Å². The number of nitrogens with one attached hydrogen (secondary N) is 3. The highest BCUT2D eigenvalue weighted by Crippen LogP contribution is 2.23. The molecular weight excluding hydrogens is 521 g/mol. The van der Waals surface area contributed by atoms with Crippen LogP contribution in [0.15, 0.2) is 15.6 Å². The number of amides is 1. The molecule has 1 heterocycles. The smallest absolute Gasteiger partial charge is 0.407 e. The van der Waals surface area contributed by atoms with E-state index in [0.717, 1.165) is 62.5 Å². The Morgan fingerprint density at radius 3 is 2.28 bits per heavy atom. The Balaban J connectivity index is 0.00000512. The molecule has 0 unspecified atom stereocenters. The van der Waals surface area contributed by atoms with Crippen LogP contribution in [0.5, 0.6) is 0 Å². The minimum atomic E-state index is -0.474. The van der Waals surface area contributed by atoms with Gasteiger partial charge in [-0.2, -0.15) is 0 Å². The largest absolute Gasteiger partial charge is 0.444 e. The molecule has 0 spiro atoms. The van der Waals surface area contributed by atoms with E-state index in [-0.39, 0.29) is 36.1 Å². The number of alkyl carbamates (subject to hydrolysis) is 1. The van der Waals surface area contributed by atoms with Crippen LogP contribution in [0, 0.1) is 0 Å². The molecular formula is C23H42IN5O3. The van der Waals surface area contributed by atoms with Crippen molar-refractivity contribution >= 4 is 36.0 Å². The van der Waals surface area contributed by atoms with Crippen LogP contribution in [0.4, 0.5) is 4.79 Å². The summed E-state index contributed by atoms with van der Waals surface area (Å²) >= 11 is 0. The van der Waals surface area contributed by atoms with E-state index in [1.165, 1.54) is 0 Å². The van der Waals surface area contributed by atoms with Gasteiger partial charge < -0.3 is 25.2 Å². The van der Waals surface area contributed by atoms with Gasteiger partial charge in [0.15, 0.2) is 11.7 Å². The van der Waals surface area contributed by atoms with Crippen LogP contribution in [0.2, 0.25) is 0 Å². The average molecular weight is 564 g/mol. The molecule has 1 fully saturated rings. The number of hydrogen-bond acceptors (Lipinski definition) is 5. The van der Waals surface area contributed by atoms with Crippen molar-refractivity contribution in [2.75, 3.05) is 6.54 Å². The first kappa shape index (κ1) is 28.5. The van der Waals surface area contributed by atoms with E-state index in [1.54, 1.807) is 0 Å². The lowest BCUT2D eigenvalue weighted by Gasteiger charge is -2.31. The van der Waals surface area contributed by atoms with E-state index in [2.05, 4.69) is 46.9 Å². The summed E-state index contributed by atoms with van der Waals surface area (Å²) < 4.78 is 10.8. The number of guanidine groups is 1. The van der Waals surface area contributed by atoms with Crippen LogP contribution in [-0.2, 0) is 11.3 Å². The fourth-order valence-corrected chi connectivity index (χ4v) is 3.83. The van der Waals surface area contributed by atoms with E-state index in [4.69, 9.17) is 9.26 Å². The second-order valence-electron chi connectivity index (χ2n) is 9.27. The summed E-state index contributed by atoms with van der Waals surface area (Å²) in [4.78, 5) is 16.7. The zero-order chi connectivity index (χ0) is 22.9. The van der Waals surface area contributed by atoms with Crippen molar-refractivity contribution in [3.63, 3.8) is 0 Å². The van der Waals surface area contributed by atoms with E-state index in [9.17, 15) is 4.79 Å². The third kappa shape index (κ3) is 9.95. The summed E-state index contributed by atoms with van der Waals surface area (Å²) in [5, 5.41) is 14.0. The lowest BCUT2D eigenvalue weighted by molar-refractivity contribution is 0.0490. The zero-order valence-electron chi connectivity index (χ0n) is 20.5. The molecule has 0 radical (unpaired) electrons. The number of carbonyl (C=O) groups is 1. The first-order chi connectivity index (χ1) is 14.7. The summed E-state index contributed by atoms with van der Waals surface area (Å²) in [6.07, 6.45) is 5.54. The van der Waals surface area contributed by atoms with Crippen molar-refractivity contribution in [1.29, 1.82) is 0 Å². The Morgan fingerprint density at radius 2 is 1.75 bits per heavy atom. The van der Waals surface area contributed by atoms with Gasteiger partial charge in [-0.25, -0.2) is 9.79 Å². The van der Waals surface area contributed by atoms with Gasteiger partial charge in [0.1, 0.15) is 12.1 Å². The van der Waals surface area contributed by atoms with Gasteiger partial charge in [-0.3, -0.25) is 0 Å². The Morgan fingerprint density at radius 1 is 1.16 bits per heavy atom. The maximum absolute atomic E-state index is 12.0. The molecule has 1 saturated carbocycles. The van der Waals surface area contributed by atoms with E-state index in [1.807, 2.05) is 26.8 Å². The van der Waals surface area contributed by atoms with Gasteiger partial charge in [-0.1, -0.05) is 19.0 Å². The van der Waals surface area contributed by atoms with Gasteiger partial charge in [0.25, 0.3) is 0 Å². The number of nitrogens with zero attached hydrogens (tertiary/aromatic N) is 2. The van der Waals surface area contributed by atoms with Crippen LogP contribution in [0.25, 0.3) is 0 Å². The van der Waals surface area contributed by atoms with Crippen LogP contribution >= 0.6 is 24.0 Å². The quantitative estimate of drug-likeness (QED) is 0.232. The summed E-state index contributed by atoms with van der Waals surface area (Å²) in [7, 11) is 0. The number of aliphatic imine (C=N–C) groups is 1. The second kappa shape index (κ2) is 13.9. The molecule has 0 bridgehead atoms. The molecule has 3 N–H and O–H groups in total. The van der Waals surface area contributed by atoms with E-state index >= 15 is 0 Å². The Kier molecular flexibility index (Phi) is 12.4. The molecule has 1 amide bonds. The van der Waals surface area contributed by atoms with Crippen molar-refractivity contribution in [2.45, 2.75) is 110 Å². The highest BCUT2D eigenvalue weighted by atomic mass is 127. The highest BCUT2D eigenvalue weighted by molar-refractivity contribution is 14.0. The van der Waals surface area contributed by atoms with Crippen molar-refractivity contribution in [3.05, 3.63) is 17.5 Å². The molecule has 9 heteroatoms. The van der Waals surface area contributed by atoms with Crippen molar-refractivity contribution < 1.29 is 14.1 Å². The summed E-state index contributed by atoms with van der Waals surface area (Å²) in [5.41, 5.74) is 0.544. The van der Waals surface area contributed by atoms with Gasteiger partial charge >= 0.3 is 6.09 Å². The average Bonchev–Trinajstić information content (AvgIpc) is 3.16. The third-order valence-electron chi connectivity index (χ3n) is 5.51. The Hall–Kier alpha value is -1.52.